The average molecular weight is 464 g/mol. The molecule has 0 spiro atoms. The van der Waals surface area contributed by atoms with Crippen LogP contribution in [-0.4, -0.2) is 30.5 Å². The molecule has 1 N–H and O–H groups in total. The third-order valence-electron chi connectivity index (χ3n) is 5.84. The van der Waals surface area contributed by atoms with Crippen molar-refractivity contribution in [1.29, 1.82) is 0 Å². The van der Waals surface area contributed by atoms with E-state index in [2.05, 4.69) is 15.0 Å². The van der Waals surface area contributed by atoms with Gasteiger partial charge in [0.05, 0.1) is 23.7 Å². The molecule has 5 rings (SSSR count). The summed E-state index contributed by atoms with van der Waals surface area (Å²) in [5.41, 5.74) is 2.12. The van der Waals surface area contributed by atoms with Gasteiger partial charge in [0.15, 0.2) is 11.0 Å². The summed E-state index contributed by atoms with van der Waals surface area (Å²) in [5.74, 6) is 1.04. The van der Waals surface area contributed by atoms with Crippen LogP contribution in [0.25, 0.3) is 17.1 Å². The maximum absolute atomic E-state index is 13.3. The number of furan rings is 1. The number of amides is 1. The molecule has 0 radical (unpaired) electrons. The predicted octanol–water partition coefficient (Wildman–Crippen LogP) is 3.65. The van der Waals surface area contributed by atoms with Gasteiger partial charge in [-0.25, -0.2) is 4.98 Å². The average Bonchev–Trinajstić information content (AvgIpc) is 3.39. The van der Waals surface area contributed by atoms with Gasteiger partial charge in [-0.1, -0.05) is 36.4 Å². The lowest BCUT2D eigenvalue weighted by Crippen LogP contribution is -2.31. The van der Waals surface area contributed by atoms with E-state index < -0.39 is 0 Å². The molecule has 33 heavy (non-hydrogen) atoms. The summed E-state index contributed by atoms with van der Waals surface area (Å²) in [6.45, 7) is 2.98. The standard InChI is InChI=1S/C24H25N5O3S/c1-16(22(30)25-15-18-11-8-14-32-18)33-24-26-21-20(19-12-6-3-7-13-28(19)24)23(31)29(27-21)17-9-4-2-5-10-17/h2,4-5,8-11,14,16H,3,6-7,12-13,15H2,1H3,(H,25,30). The summed E-state index contributed by atoms with van der Waals surface area (Å²) in [6, 6.07) is 13.0. The Morgan fingerprint density at radius 3 is 2.82 bits per heavy atom. The zero-order chi connectivity index (χ0) is 22.8. The Kier molecular flexibility index (Phi) is 6.04. The molecule has 0 bridgehead atoms. The topological polar surface area (TPSA) is 95.0 Å². The van der Waals surface area contributed by atoms with E-state index in [4.69, 9.17) is 9.40 Å². The smallest absolute Gasteiger partial charge is 0.284 e. The fraction of sp³-hybridized carbons (Fsp3) is 0.333. The third kappa shape index (κ3) is 4.32. The molecular formula is C24H25N5O3S. The van der Waals surface area contributed by atoms with Crippen LogP contribution in [0, 0.1) is 0 Å². The van der Waals surface area contributed by atoms with Crippen molar-refractivity contribution in [1.82, 2.24) is 24.6 Å². The number of fused-ring (bicyclic) bond motifs is 3. The summed E-state index contributed by atoms with van der Waals surface area (Å²) in [6.07, 6.45) is 5.50. The number of thioether (sulfide) groups is 1. The van der Waals surface area contributed by atoms with Crippen LogP contribution in [0.4, 0.5) is 0 Å². The molecule has 4 heterocycles. The maximum atomic E-state index is 13.3. The summed E-state index contributed by atoms with van der Waals surface area (Å²) >= 11 is 1.40. The van der Waals surface area contributed by atoms with Gasteiger partial charge in [0, 0.05) is 12.2 Å². The van der Waals surface area contributed by atoms with Crippen molar-refractivity contribution in [3.05, 3.63) is 70.5 Å². The number of aromatic nitrogens is 4. The van der Waals surface area contributed by atoms with Crippen molar-refractivity contribution in [2.75, 3.05) is 0 Å². The fourth-order valence-corrected chi connectivity index (χ4v) is 5.10. The van der Waals surface area contributed by atoms with E-state index in [0.29, 0.717) is 29.4 Å². The lowest BCUT2D eigenvalue weighted by atomic mass is 10.1. The van der Waals surface area contributed by atoms with Crippen molar-refractivity contribution in [2.45, 2.75) is 56.1 Å². The number of benzene rings is 1. The van der Waals surface area contributed by atoms with Crippen molar-refractivity contribution < 1.29 is 9.21 Å². The number of carbonyl (C=O) groups is 1. The zero-order valence-corrected chi connectivity index (χ0v) is 19.2. The molecule has 0 aliphatic carbocycles. The molecule has 3 aliphatic rings. The highest BCUT2D eigenvalue weighted by molar-refractivity contribution is 8.00. The van der Waals surface area contributed by atoms with Crippen LogP contribution in [0.3, 0.4) is 0 Å². The van der Waals surface area contributed by atoms with Crippen molar-refractivity contribution in [3.63, 3.8) is 0 Å². The van der Waals surface area contributed by atoms with Crippen LogP contribution in [-0.2, 0) is 24.3 Å². The van der Waals surface area contributed by atoms with Crippen LogP contribution < -0.4 is 10.9 Å². The normalized spacial score (nSPS) is 14.6. The van der Waals surface area contributed by atoms with Crippen LogP contribution in [0.15, 0.2) is 63.1 Å². The van der Waals surface area contributed by atoms with Crippen LogP contribution in [0.1, 0.15) is 37.6 Å². The molecule has 1 atom stereocenters. The van der Waals surface area contributed by atoms with E-state index in [1.165, 1.54) is 16.4 Å². The number of hydrogen-bond donors (Lipinski definition) is 1. The van der Waals surface area contributed by atoms with Gasteiger partial charge in [0.2, 0.25) is 5.91 Å². The Labute approximate surface area is 195 Å². The van der Waals surface area contributed by atoms with Crippen LogP contribution in [0.5, 0.6) is 0 Å². The molecule has 3 aliphatic heterocycles. The zero-order valence-electron chi connectivity index (χ0n) is 18.4. The maximum Gasteiger partial charge on any atom is 0.284 e. The van der Waals surface area contributed by atoms with Crippen molar-refractivity contribution in [2.24, 2.45) is 0 Å². The highest BCUT2D eigenvalue weighted by atomic mass is 32.2. The fourth-order valence-electron chi connectivity index (χ4n) is 4.13. The minimum atomic E-state index is -0.368. The first-order valence-electron chi connectivity index (χ1n) is 11.2. The molecule has 8 nitrogen and oxygen atoms in total. The van der Waals surface area contributed by atoms with Gasteiger partial charge >= 0.3 is 0 Å². The highest BCUT2D eigenvalue weighted by Gasteiger charge is 2.28. The number of nitrogens with zero attached hydrogens (tertiary/aromatic N) is 4. The number of hydrogen-bond acceptors (Lipinski definition) is 6. The molecule has 0 saturated carbocycles. The molecular weight excluding hydrogens is 438 g/mol. The van der Waals surface area contributed by atoms with Gasteiger partial charge in [0.1, 0.15) is 11.3 Å². The Morgan fingerprint density at radius 2 is 2.03 bits per heavy atom. The second kappa shape index (κ2) is 9.27. The van der Waals surface area contributed by atoms with E-state index in [0.717, 1.165) is 43.1 Å². The first-order valence-corrected chi connectivity index (χ1v) is 12.0. The SMILES string of the molecule is CC(Sc1nc2nn(-c3ccccc3)c(=O)c-2c2n1CCCCC2)C(=O)NCc1ccco1. The molecule has 0 fully saturated rings. The van der Waals surface area contributed by atoms with Crippen molar-refractivity contribution in [3.8, 4) is 17.1 Å². The number of para-hydroxylation sites is 1. The monoisotopic (exact) mass is 463 g/mol. The second-order valence-corrected chi connectivity index (χ2v) is 9.42. The van der Waals surface area contributed by atoms with Gasteiger partial charge < -0.3 is 14.3 Å². The van der Waals surface area contributed by atoms with Gasteiger partial charge in [-0.05, 0) is 50.5 Å². The molecule has 1 aromatic carbocycles. The van der Waals surface area contributed by atoms with Crippen LogP contribution in [0.2, 0.25) is 0 Å². The minimum absolute atomic E-state index is 0.0967. The van der Waals surface area contributed by atoms with E-state index in [1.54, 1.807) is 12.3 Å². The lowest BCUT2D eigenvalue weighted by molar-refractivity contribution is -0.120. The lowest BCUT2D eigenvalue weighted by Gasteiger charge is -2.19. The van der Waals surface area contributed by atoms with E-state index in [9.17, 15) is 9.59 Å². The molecule has 1 unspecified atom stereocenters. The molecule has 0 saturated heterocycles. The predicted molar refractivity (Wildman–Crippen MR) is 126 cm³/mol. The molecule has 1 aromatic heterocycles. The van der Waals surface area contributed by atoms with Gasteiger partial charge in [-0.3, -0.25) is 9.59 Å². The van der Waals surface area contributed by atoms with E-state index in [-0.39, 0.29) is 16.7 Å². The summed E-state index contributed by atoms with van der Waals surface area (Å²) in [5, 5.41) is 7.82. The molecule has 2 aromatic rings. The third-order valence-corrected chi connectivity index (χ3v) is 6.93. The minimum Gasteiger partial charge on any atom is -0.467 e. The Morgan fingerprint density at radius 1 is 1.18 bits per heavy atom. The Balaban J connectivity index is 1.49. The summed E-state index contributed by atoms with van der Waals surface area (Å²) in [7, 11) is 0. The quantitative estimate of drug-likeness (QED) is 0.346. The van der Waals surface area contributed by atoms with Gasteiger partial charge in [-0.15, -0.1) is 5.10 Å². The van der Waals surface area contributed by atoms with Crippen LogP contribution >= 0.6 is 11.8 Å². The highest BCUT2D eigenvalue weighted by Crippen LogP contribution is 2.32. The second-order valence-electron chi connectivity index (χ2n) is 8.11. The molecule has 1 amide bonds. The number of nitrogens with one attached hydrogen (secondary N) is 1. The Bertz CT molecular complexity index is 1280. The first-order chi connectivity index (χ1) is 16.1. The first kappa shape index (κ1) is 21.5. The van der Waals surface area contributed by atoms with E-state index >= 15 is 0 Å². The van der Waals surface area contributed by atoms with E-state index in [1.807, 2.05) is 43.3 Å². The Hall–Kier alpha value is -3.33. The summed E-state index contributed by atoms with van der Waals surface area (Å²) in [4.78, 5) is 30.8. The largest absolute Gasteiger partial charge is 0.467 e. The molecule has 170 valence electrons. The number of rotatable bonds is 6. The summed E-state index contributed by atoms with van der Waals surface area (Å²) < 4.78 is 8.84. The van der Waals surface area contributed by atoms with Gasteiger partial charge in [0.25, 0.3) is 5.56 Å². The van der Waals surface area contributed by atoms with Crippen molar-refractivity contribution >= 4 is 17.7 Å². The molecule has 9 heteroatoms. The number of carbonyl (C=O) groups excluding carboxylic acids is 1. The van der Waals surface area contributed by atoms with Gasteiger partial charge in [-0.2, -0.15) is 4.68 Å².